The molecule has 0 bridgehead atoms. The highest BCUT2D eigenvalue weighted by molar-refractivity contribution is 5.93. The quantitative estimate of drug-likeness (QED) is 0.275. The zero-order valence-corrected chi connectivity index (χ0v) is 22.2. The number of aryl methyl sites for hydroxylation is 1. The summed E-state index contributed by atoms with van der Waals surface area (Å²) in [5.41, 5.74) is 9.49. The highest BCUT2D eigenvalue weighted by Crippen LogP contribution is 2.39. The van der Waals surface area contributed by atoms with Crippen molar-refractivity contribution in [3.05, 3.63) is 90.0 Å². The summed E-state index contributed by atoms with van der Waals surface area (Å²) < 4.78 is 13.3. The van der Waals surface area contributed by atoms with Crippen LogP contribution in [-0.2, 0) is 19.4 Å². The van der Waals surface area contributed by atoms with Crippen LogP contribution < -0.4 is 14.4 Å². The second-order valence-corrected chi connectivity index (χ2v) is 10.2. The molecule has 0 amide bonds. The molecule has 3 aromatic heterocycles. The monoisotopic (exact) mass is 516 g/mol. The predicted molar refractivity (Wildman–Crippen MR) is 153 cm³/mol. The number of benzene rings is 2. The molecule has 7 rings (SSSR count). The van der Waals surface area contributed by atoms with Crippen molar-refractivity contribution in [2.75, 3.05) is 32.2 Å². The van der Waals surface area contributed by atoms with Gasteiger partial charge in [-0.05, 0) is 60.2 Å². The summed E-state index contributed by atoms with van der Waals surface area (Å²) >= 11 is 0. The lowest BCUT2D eigenvalue weighted by atomic mass is 9.99. The summed E-state index contributed by atoms with van der Waals surface area (Å²) in [5, 5.41) is 5.10. The van der Waals surface area contributed by atoms with Crippen molar-refractivity contribution in [3.63, 3.8) is 0 Å². The van der Waals surface area contributed by atoms with Crippen molar-refractivity contribution in [1.82, 2.24) is 19.7 Å². The minimum Gasteiger partial charge on any atom is -0.497 e. The Kier molecular flexibility index (Phi) is 5.91. The van der Waals surface area contributed by atoms with Gasteiger partial charge in [0, 0.05) is 42.9 Å². The number of anilines is 1. The van der Waals surface area contributed by atoms with E-state index in [2.05, 4.69) is 59.9 Å². The maximum absolute atomic E-state index is 5.94. The van der Waals surface area contributed by atoms with Gasteiger partial charge in [-0.15, -0.1) is 0 Å². The van der Waals surface area contributed by atoms with E-state index in [4.69, 9.17) is 24.5 Å². The Balaban J connectivity index is 1.39. The molecule has 0 unspecified atom stereocenters. The Morgan fingerprint density at radius 2 is 1.77 bits per heavy atom. The van der Waals surface area contributed by atoms with Gasteiger partial charge in [-0.2, -0.15) is 5.10 Å². The van der Waals surface area contributed by atoms with Crippen LogP contribution in [0.3, 0.4) is 0 Å². The minimum absolute atomic E-state index is 0.598. The maximum atomic E-state index is 5.94. The number of aromatic nitrogens is 4. The fourth-order valence-electron chi connectivity index (χ4n) is 5.65. The number of nitrogens with zero attached hydrogens (tertiary/aromatic N) is 5. The molecule has 195 valence electrons. The van der Waals surface area contributed by atoms with Gasteiger partial charge in [0.2, 0.25) is 0 Å². The molecule has 0 saturated carbocycles. The van der Waals surface area contributed by atoms with Crippen molar-refractivity contribution >= 4 is 16.9 Å². The van der Waals surface area contributed by atoms with Gasteiger partial charge in [0.1, 0.15) is 34.2 Å². The second kappa shape index (κ2) is 9.73. The third-order valence-electron chi connectivity index (χ3n) is 7.85. The van der Waals surface area contributed by atoms with Crippen LogP contribution in [0.1, 0.15) is 23.1 Å². The van der Waals surface area contributed by atoms with Crippen molar-refractivity contribution in [2.24, 2.45) is 0 Å². The first-order valence-electron chi connectivity index (χ1n) is 13.4. The summed E-state index contributed by atoms with van der Waals surface area (Å²) in [6, 6.07) is 20.9. The fourth-order valence-corrected chi connectivity index (χ4v) is 5.65. The molecular formula is C32H30N5O2. The molecule has 1 radical (unpaired) electrons. The fraction of sp³-hybridized carbons (Fsp3) is 0.250. The average Bonchev–Trinajstić information content (AvgIpc) is 3.57. The van der Waals surface area contributed by atoms with E-state index < -0.39 is 0 Å². The maximum Gasteiger partial charge on any atom is 0.147 e. The van der Waals surface area contributed by atoms with Crippen LogP contribution in [0, 0.1) is 6.42 Å². The second-order valence-electron chi connectivity index (χ2n) is 10.2. The molecule has 1 saturated heterocycles. The van der Waals surface area contributed by atoms with E-state index in [9.17, 15) is 0 Å². The third-order valence-corrected chi connectivity index (χ3v) is 7.85. The van der Waals surface area contributed by atoms with Crippen LogP contribution in [0.5, 0.6) is 11.5 Å². The van der Waals surface area contributed by atoms with Crippen LogP contribution in [0.2, 0.25) is 0 Å². The number of rotatable bonds is 7. The van der Waals surface area contributed by atoms with Crippen molar-refractivity contribution in [1.29, 1.82) is 0 Å². The van der Waals surface area contributed by atoms with E-state index in [1.54, 1.807) is 14.2 Å². The Bertz CT molecular complexity index is 1650. The Labute approximate surface area is 228 Å². The van der Waals surface area contributed by atoms with E-state index in [1.807, 2.05) is 23.0 Å². The number of hydrogen-bond acceptors (Lipinski definition) is 6. The molecule has 5 aromatic rings. The molecule has 2 aliphatic rings. The highest BCUT2D eigenvalue weighted by Gasteiger charge is 2.23. The molecule has 0 N–H and O–H groups in total. The third kappa shape index (κ3) is 4.18. The Morgan fingerprint density at radius 3 is 2.49 bits per heavy atom. The molecule has 4 heterocycles. The van der Waals surface area contributed by atoms with Gasteiger partial charge < -0.3 is 14.4 Å². The van der Waals surface area contributed by atoms with Gasteiger partial charge in [-0.1, -0.05) is 30.3 Å². The van der Waals surface area contributed by atoms with Crippen molar-refractivity contribution in [2.45, 2.75) is 25.8 Å². The molecule has 0 spiro atoms. The van der Waals surface area contributed by atoms with Crippen molar-refractivity contribution in [3.8, 4) is 34.0 Å². The summed E-state index contributed by atoms with van der Waals surface area (Å²) in [5.74, 6) is 2.57. The molecule has 1 aliphatic heterocycles. The van der Waals surface area contributed by atoms with Crippen LogP contribution in [0.4, 0.5) is 5.82 Å². The molecular weight excluding hydrogens is 486 g/mol. The minimum atomic E-state index is 0.598. The number of fused-ring (bicyclic) bond motifs is 2. The van der Waals surface area contributed by atoms with Gasteiger partial charge in [-0.3, -0.25) is 4.68 Å². The lowest BCUT2D eigenvalue weighted by molar-refractivity contribution is 0.414. The Hall–Kier alpha value is -4.39. The van der Waals surface area contributed by atoms with E-state index in [0.717, 1.165) is 82.4 Å². The van der Waals surface area contributed by atoms with E-state index >= 15 is 0 Å². The topological polar surface area (TPSA) is 65.3 Å². The molecule has 2 aromatic carbocycles. The lowest BCUT2D eigenvalue weighted by Crippen LogP contribution is -2.38. The molecule has 39 heavy (non-hydrogen) atoms. The van der Waals surface area contributed by atoms with Crippen LogP contribution in [-0.4, -0.2) is 47.1 Å². The zero-order valence-electron chi connectivity index (χ0n) is 22.2. The van der Waals surface area contributed by atoms with Gasteiger partial charge >= 0.3 is 0 Å². The summed E-state index contributed by atoms with van der Waals surface area (Å²) in [4.78, 5) is 12.3. The standard InChI is InChI=1S/C32H30N5O2/c1-38-24-13-10-21(11-14-24)20-37-27-18-28(39-2)31(26-9-4-7-22-6-3-8-25(22)26)34-32(27)30(35-37)23-12-15-29(33-19-23)36-16-5-17-36/h4-5,7,9-15,18-19H,3,6,8,16-17,20H2,1-2H3. The van der Waals surface area contributed by atoms with Crippen LogP contribution in [0.25, 0.3) is 33.5 Å². The smallest absolute Gasteiger partial charge is 0.147 e. The van der Waals surface area contributed by atoms with Crippen LogP contribution in [0.15, 0.2) is 66.9 Å². The van der Waals surface area contributed by atoms with Crippen molar-refractivity contribution < 1.29 is 9.47 Å². The summed E-state index contributed by atoms with van der Waals surface area (Å²) in [7, 11) is 3.40. The number of methoxy groups -OCH3 is 2. The van der Waals surface area contributed by atoms with Gasteiger partial charge in [0.15, 0.2) is 0 Å². The van der Waals surface area contributed by atoms with Gasteiger partial charge in [0.05, 0.1) is 26.3 Å². The SMILES string of the molecule is COc1ccc(Cn2nc(-c3ccc(N4C[CH]C4)nc3)c3nc(-c4cccc5c4CCC5)c(OC)cc32)cc1. The predicted octanol–water partition coefficient (Wildman–Crippen LogP) is 5.74. The first kappa shape index (κ1) is 23.7. The number of pyridine rings is 2. The van der Waals surface area contributed by atoms with E-state index in [-0.39, 0.29) is 0 Å². The number of ether oxygens (including phenoxy) is 2. The zero-order chi connectivity index (χ0) is 26.3. The largest absolute Gasteiger partial charge is 0.497 e. The highest BCUT2D eigenvalue weighted by atomic mass is 16.5. The van der Waals surface area contributed by atoms with Gasteiger partial charge in [-0.25, -0.2) is 9.97 Å². The molecule has 7 heteroatoms. The number of hydrogen-bond donors (Lipinski definition) is 0. The molecule has 7 nitrogen and oxygen atoms in total. The van der Waals surface area contributed by atoms with Crippen LogP contribution >= 0.6 is 0 Å². The van der Waals surface area contributed by atoms with E-state index in [0.29, 0.717) is 6.54 Å². The molecule has 1 fully saturated rings. The summed E-state index contributed by atoms with van der Waals surface area (Å²) in [6.45, 7) is 2.48. The lowest BCUT2D eigenvalue weighted by Gasteiger charge is -2.31. The molecule has 0 atom stereocenters. The summed E-state index contributed by atoms with van der Waals surface area (Å²) in [6.07, 6.45) is 7.51. The molecule has 1 aliphatic carbocycles. The van der Waals surface area contributed by atoms with Gasteiger partial charge in [0.25, 0.3) is 0 Å². The Morgan fingerprint density at radius 1 is 0.897 bits per heavy atom. The average molecular weight is 517 g/mol. The first-order chi connectivity index (χ1) is 19.2. The first-order valence-corrected chi connectivity index (χ1v) is 13.4. The van der Waals surface area contributed by atoms with E-state index in [1.165, 1.54) is 17.5 Å². The normalized spacial score (nSPS) is 14.4.